The Morgan fingerprint density at radius 3 is 0.556 bits per heavy atom. The molecule has 4 radical (unpaired) electrons. The third-order valence-electron chi connectivity index (χ3n) is 0. The Bertz CT molecular complexity index is 15.8. The molecule has 0 rings (SSSR count). The third-order valence-corrected chi connectivity index (χ3v) is 0. The van der Waals surface area contributed by atoms with Gasteiger partial charge in [0.2, 0.25) is 0 Å². The van der Waals surface area contributed by atoms with Crippen molar-refractivity contribution in [3.8, 4) is 0 Å². The van der Waals surface area contributed by atoms with Gasteiger partial charge in [0.05, 0.1) is 0 Å². The van der Waals surface area contributed by atoms with Crippen molar-refractivity contribution in [2.24, 2.45) is 0 Å². The maximum Gasteiger partial charge on any atom is 0 e. The van der Waals surface area contributed by atoms with Gasteiger partial charge in [0, 0.05) is 45.0 Å². The molecule has 0 saturated carbocycles. The van der Waals surface area contributed by atoms with Gasteiger partial charge in [0.25, 0.3) is 0 Å². The van der Waals surface area contributed by atoms with Gasteiger partial charge in [-0.25, -0.2) is 0 Å². The fraction of sp³-hybridized carbons (Fsp3) is 1.00. The van der Waals surface area contributed by atoms with Gasteiger partial charge in [-0.2, -0.15) is 0 Å². The largest absolute Gasteiger partial charge is 0.870 e. The summed E-state index contributed by atoms with van der Waals surface area (Å²) in [5.41, 5.74) is 0. The second-order valence-electron chi connectivity index (χ2n) is 0. The molecule has 0 spiro atoms. The summed E-state index contributed by atoms with van der Waals surface area (Å²) in [4.78, 5) is 0. The van der Waals surface area contributed by atoms with Crippen molar-refractivity contribution in [1.29, 1.82) is 0 Å². The topological polar surface area (TPSA) is 124 Å². The molecule has 66 valence electrons. The molecule has 9 heavy (non-hydrogen) atoms. The van der Waals surface area contributed by atoms with E-state index >= 15 is 0 Å². The summed E-state index contributed by atoms with van der Waals surface area (Å²) in [5, 5.41) is 0. The average molecular weight is 422 g/mol. The average Bonchev–Trinajstić information content (AvgIpc) is 0. The van der Waals surface area contributed by atoms with Crippen LogP contribution in [0.2, 0.25) is 0 Å². The van der Waals surface area contributed by atoms with Crippen LogP contribution < -0.4 is 0 Å². The van der Waals surface area contributed by atoms with Crippen LogP contribution >= 0.6 is 0 Å². The Hall–Kier alpha value is 1.33. The van der Waals surface area contributed by atoms with Gasteiger partial charge < -0.3 is 21.9 Å². The van der Waals surface area contributed by atoms with E-state index in [9.17, 15) is 0 Å². The fourth-order valence-electron chi connectivity index (χ4n) is 0. The third kappa shape index (κ3) is 284. The van der Waals surface area contributed by atoms with Gasteiger partial charge in [-0.15, -0.1) is 0 Å². The first-order valence-corrected chi connectivity index (χ1v) is 0. The number of hydrogen-bond acceptors (Lipinski definition) is 1. The zero-order valence-electron chi connectivity index (χ0n) is 2.86. The van der Waals surface area contributed by atoms with E-state index < -0.39 is 0 Å². The van der Waals surface area contributed by atoms with Gasteiger partial charge in [0.1, 0.15) is 0 Å². The summed E-state index contributed by atoms with van der Waals surface area (Å²) in [6, 6.07) is 0. The standard InChI is InChI=1S/3CH4.4H2O.Sn.W/h3*1H4;4*1H2;;/p-1. The van der Waals surface area contributed by atoms with E-state index in [0.717, 1.165) is 0 Å². The maximum absolute atomic E-state index is 0. The molecule has 0 aliphatic rings. The van der Waals surface area contributed by atoms with E-state index in [4.69, 9.17) is 0 Å². The predicted molar refractivity (Wildman–Crippen MR) is 38.7 cm³/mol. The summed E-state index contributed by atoms with van der Waals surface area (Å²) in [7, 11) is 0. The van der Waals surface area contributed by atoms with Crippen LogP contribution in [0.5, 0.6) is 0 Å². The second kappa shape index (κ2) is 367. The SMILES string of the molecule is C.C.C.O.O.O.[OH-].[Sn].[W]. The molecule has 0 aromatic carbocycles. The second-order valence-corrected chi connectivity index (χ2v) is 0. The molecular formula is C3H19O4SnW-. The zero-order chi connectivity index (χ0) is 0. The zero-order valence-corrected chi connectivity index (χ0v) is 8.64. The van der Waals surface area contributed by atoms with Crippen molar-refractivity contribution in [2.75, 3.05) is 0 Å². The molecular weight excluding hydrogens is 403 g/mol. The first-order chi connectivity index (χ1) is 0. The smallest absolute Gasteiger partial charge is 0 e. The van der Waals surface area contributed by atoms with E-state index in [1.54, 1.807) is 0 Å². The molecule has 0 aromatic heterocycles. The quantitative estimate of drug-likeness (QED) is 0.451. The van der Waals surface area contributed by atoms with Crippen LogP contribution in [0.4, 0.5) is 0 Å². The summed E-state index contributed by atoms with van der Waals surface area (Å²) >= 11 is 0. The van der Waals surface area contributed by atoms with E-state index in [1.165, 1.54) is 0 Å². The first-order valence-electron chi connectivity index (χ1n) is 0. The monoisotopic (exact) mass is 423 g/mol. The molecule has 0 unspecified atom stereocenters. The van der Waals surface area contributed by atoms with Crippen molar-refractivity contribution in [1.82, 2.24) is 0 Å². The molecule has 0 amide bonds. The van der Waals surface area contributed by atoms with E-state index in [0.29, 0.717) is 0 Å². The summed E-state index contributed by atoms with van der Waals surface area (Å²) in [6.45, 7) is 0. The minimum absolute atomic E-state index is 0. The van der Waals surface area contributed by atoms with Gasteiger partial charge >= 0.3 is 0 Å². The maximum atomic E-state index is 0. The fourth-order valence-corrected chi connectivity index (χ4v) is 0. The van der Waals surface area contributed by atoms with Crippen LogP contribution in [-0.2, 0) is 21.1 Å². The van der Waals surface area contributed by atoms with Crippen LogP contribution in [0.1, 0.15) is 22.3 Å². The van der Waals surface area contributed by atoms with Crippen molar-refractivity contribution in [3.05, 3.63) is 0 Å². The Kier molecular flexibility index (Phi) is 20800. The molecule has 0 aliphatic heterocycles. The van der Waals surface area contributed by atoms with E-state index in [-0.39, 0.29) is 89.2 Å². The van der Waals surface area contributed by atoms with Crippen LogP contribution in [0.25, 0.3) is 0 Å². The number of rotatable bonds is 0. The minimum Gasteiger partial charge on any atom is -0.870 e. The summed E-state index contributed by atoms with van der Waals surface area (Å²) in [6.07, 6.45) is 0. The van der Waals surface area contributed by atoms with Crippen LogP contribution in [0.15, 0.2) is 0 Å². The molecule has 7 N–H and O–H groups in total. The molecule has 0 saturated heterocycles. The first kappa shape index (κ1) is 510. The van der Waals surface area contributed by atoms with Gasteiger partial charge in [-0.3, -0.25) is 0 Å². The van der Waals surface area contributed by atoms with Crippen molar-refractivity contribution >= 4 is 23.9 Å². The van der Waals surface area contributed by atoms with Crippen molar-refractivity contribution < 1.29 is 43.0 Å². The Balaban J connectivity index is 0. The molecule has 0 aromatic rings. The Morgan fingerprint density at radius 1 is 0.556 bits per heavy atom. The minimum atomic E-state index is 0. The van der Waals surface area contributed by atoms with E-state index in [2.05, 4.69) is 0 Å². The summed E-state index contributed by atoms with van der Waals surface area (Å²) in [5.74, 6) is 0. The molecule has 0 heterocycles. The van der Waals surface area contributed by atoms with Crippen molar-refractivity contribution in [3.63, 3.8) is 0 Å². The van der Waals surface area contributed by atoms with Gasteiger partial charge in [0.15, 0.2) is 0 Å². The molecule has 4 nitrogen and oxygen atoms in total. The van der Waals surface area contributed by atoms with Crippen molar-refractivity contribution in [2.45, 2.75) is 22.3 Å². The molecule has 0 atom stereocenters. The van der Waals surface area contributed by atoms with Crippen LogP contribution in [0, 0.1) is 0 Å². The Morgan fingerprint density at radius 2 is 0.556 bits per heavy atom. The number of hydrogen-bond donors (Lipinski definition) is 0. The molecule has 0 aliphatic carbocycles. The van der Waals surface area contributed by atoms with Gasteiger partial charge in [-0.05, 0) is 0 Å². The van der Waals surface area contributed by atoms with Crippen LogP contribution in [-0.4, -0.2) is 45.8 Å². The normalized spacial score (nSPS) is 0. The summed E-state index contributed by atoms with van der Waals surface area (Å²) < 4.78 is 0. The Labute approximate surface area is 88.9 Å². The van der Waals surface area contributed by atoms with Gasteiger partial charge in [-0.1, -0.05) is 22.3 Å². The van der Waals surface area contributed by atoms with Crippen LogP contribution in [0.3, 0.4) is 0 Å². The molecule has 0 fully saturated rings. The predicted octanol–water partition coefficient (Wildman–Crippen LogP) is -1.13. The van der Waals surface area contributed by atoms with E-state index in [1.807, 2.05) is 0 Å². The molecule has 6 heteroatoms. The molecule has 0 bridgehead atoms.